The summed E-state index contributed by atoms with van der Waals surface area (Å²) in [7, 11) is 1.78. The third-order valence-corrected chi connectivity index (χ3v) is 4.39. The molecule has 0 bridgehead atoms. The minimum absolute atomic E-state index is 0.121. The highest BCUT2D eigenvalue weighted by Crippen LogP contribution is 2.14. The van der Waals surface area contributed by atoms with Crippen molar-refractivity contribution >= 4 is 11.9 Å². The van der Waals surface area contributed by atoms with Gasteiger partial charge in [-0.25, -0.2) is 0 Å². The molecule has 0 unspecified atom stereocenters. The van der Waals surface area contributed by atoms with Gasteiger partial charge in [0.05, 0.1) is 0 Å². The maximum absolute atomic E-state index is 10.8. The van der Waals surface area contributed by atoms with E-state index in [4.69, 9.17) is 10.5 Å². The first-order valence-corrected chi connectivity index (χ1v) is 9.30. The monoisotopic (exact) mass is 373 g/mol. The van der Waals surface area contributed by atoms with Gasteiger partial charge in [0.1, 0.15) is 5.75 Å². The van der Waals surface area contributed by atoms with Crippen LogP contribution >= 0.6 is 0 Å². The van der Waals surface area contributed by atoms with Crippen molar-refractivity contribution in [1.29, 1.82) is 0 Å². The fourth-order valence-corrected chi connectivity index (χ4v) is 3.09. The van der Waals surface area contributed by atoms with Gasteiger partial charge in [-0.3, -0.25) is 14.7 Å². The summed E-state index contributed by atoms with van der Waals surface area (Å²) in [4.78, 5) is 17.6. The molecular weight excluding hydrogens is 342 g/mol. The number of carbonyl (C=O) groups excluding carboxylic acids is 1. The van der Waals surface area contributed by atoms with E-state index < -0.39 is 5.91 Å². The lowest BCUT2D eigenvalue weighted by molar-refractivity contribution is -0.119. The molecule has 1 fully saturated rings. The molecule has 148 valence electrons. The van der Waals surface area contributed by atoms with Crippen molar-refractivity contribution in [3.8, 4) is 5.75 Å². The first kappa shape index (κ1) is 20.8. The molecule has 1 saturated heterocycles. The Kier molecular flexibility index (Phi) is 8.13. The van der Waals surface area contributed by atoms with Crippen LogP contribution in [-0.2, 0) is 11.3 Å². The van der Waals surface area contributed by atoms with E-state index >= 15 is 0 Å². The lowest BCUT2D eigenvalue weighted by Gasteiger charge is -2.33. The number of ether oxygens (including phenoxy) is 1. The van der Waals surface area contributed by atoms with Crippen LogP contribution in [0.25, 0.3) is 0 Å². The van der Waals surface area contributed by atoms with Crippen LogP contribution in [0.5, 0.6) is 5.75 Å². The molecule has 7 nitrogen and oxygen atoms in total. The number of piperidine rings is 1. The van der Waals surface area contributed by atoms with Crippen molar-refractivity contribution in [2.24, 2.45) is 10.7 Å². The van der Waals surface area contributed by atoms with Gasteiger partial charge in [-0.1, -0.05) is 24.3 Å². The van der Waals surface area contributed by atoms with Crippen molar-refractivity contribution in [2.75, 3.05) is 33.3 Å². The number of aliphatic imine (C=N–C) groups is 1. The van der Waals surface area contributed by atoms with E-state index in [2.05, 4.69) is 34.0 Å². The van der Waals surface area contributed by atoms with Crippen LogP contribution in [0.4, 0.5) is 0 Å². The van der Waals surface area contributed by atoms with Crippen LogP contribution < -0.4 is 21.1 Å². The van der Waals surface area contributed by atoms with Gasteiger partial charge in [0, 0.05) is 39.3 Å². The number of amides is 1. The number of carbonyl (C=O) groups is 1. The number of primary amides is 1. The Hall–Kier alpha value is -2.54. The second-order valence-corrected chi connectivity index (χ2v) is 6.98. The normalized spacial score (nSPS) is 16.0. The lowest BCUT2D eigenvalue weighted by atomic mass is 10.0. The van der Waals surface area contributed by atoms with E-state index in [0.717, 1.165) is 44.0 Å². The molecule has 1 heterocycles. The molecule has 0 atom stereocenters. The van der Waals surface area contributed by atoms with E-state index in [0.29, 0.717) is 18.3 Å². The fraction of sp³-hybridized carbons (Fsp3) is 0.500. The number of rotatable bonds is 8. The summed E-state index contributed by atoms with van der Waals surface area (Å²) in [6, 6.07) is 7.99. The van der Waals surface area contributed by atoms with Gasteiger partial charge in [-0.05, 0) is 37.5 Å². The van der Waals surface area contributed by atoms with Gasteiger partial charge in [0.25, 0.3) is 5.91 Å². The molecule has 1 amide bonds. The van der Waals surface area contributed by atoms with Gasteiger partial charge in [0.2, 0.25) is 0 Å². The van der Waals surface area contributed by atoms with Gasteiger partial charge < -0.3 is 21.1 Å². The Bertz CT molecular complexity index is 666. The molecule has 1 aliphatic heterocycles. The summed E-state index contributed by atoms with van der Waals surface area (Å²) in [6.45, 7) is 9.68. The van der Waals surface area contributed by atoms with Crippen molar-refractivity contribution < 1.29 is 9.53 Å². The third-order valence-electron chi connectivity index (χ3n) is 4.39. The Morgan fingerprint density at radius 2 is 2.15 bits per heavy atom. The zero-order valence-corrected chi connectivity index (χ0v) is 16.3. The summed E-state index contributed by atoms with van der Waals surface area (Å²) in [5.41, 5.74) is 7.36. The van der Waals surface area contributed by atoms with Gasteiger partial charge in [-0.2, -0.15) is 0 Å². The zero-order chi connectivity index (χ0) is 19.6. The van der Waals surface area contributed by atoms with E-state index in [1.807, 2.05) is 18.2 Å². The van der Waals surface area contributed by atoms with E-state index in [1.54, 1.807) is 13.1 Å². The summed E-state index contributed by atoms with van der Waals surface area (Å²) in [5, 5.41) is 6.83. The van der Waals surface area contributed by atoms with Crippen LogP contribution in [0.15, 0.2) is 41.4 Å². The highest BCUT2D eigenvalue weighted by Gasteiger charge is 2.19. The molecule has 27 heavy (non-hydrogen) atoms. The van der Waals surface area contributed by atoms with Crippen LogP contribution in [0.2, 0.25) is 0 Å². The Morgan fingerprint density at radius 3 is 2.78 bits per heavy atom. The first-order valence-electron chi connectivity index (χ1n) is 9.30. The standard InChI is InChI=1S/C20H31N5O2/c1-15(2)13-25-9-7-17(8-10-25)24-20(22-3)23-12-16-5-4-6-18(11-16)27-14-19(21)26/h4-6,11,17H,1,7-10,12-14H2,2-3H3,(H2,21,26)(H2,22,23,24). The molecule has 2 rings (SSSR count). The van der Waals surface area contributed by atoms with E-state index in [1.165, 1.54) is 5.57 Å². The Labute approximate surface area is 161 Å². The number of benzene rings is 1. The van der Waals surface area contributed by atoms with Crippen molar-refractivity contribution in [3.63, 3.8) is 0 Å². The molecule has 1 aromatic carbocycles. The molecule has 0 aromatic heterocycles. The molecule has 0 saturated carbocycles. The highest BCUT2D eigenvalue weighted by atomic mass is 16.5. The van der Waals surface area contributed by atoms with Crippen LogP contribution in [-0.4, -0.2) is 56.1 Å². The molecule has 7 heteroatoms. The number of hydrogen-bond acceptors (Lipinski definition) is 4. The highest BCUT2D eigenvalue weighted by molar-refractivity contribution is 5.80. The molecule has 0 radical (unpaired) electrons. The van der Waals surface area contributed by atoms with Crippen LogP contribution in [0.3, 0.4) is 0 Å². The maximum atomic E-state index is 10.8. The summed E-state index contributed by atoms with van der Waals surface area (Å²) in [5.74, 6) is 0.926. The van der Waals surface area contributed by atoms with Gasteiger partial charge >= 0.3 is 0 Å². The quantitative estimate of drug-likeness (QED) is 0.362. The van der Waals surface area contributed by atoms with Gasteiger partial charge in [0.15, 0.2) is 12.6 Å². The second kappa shape index (κ2) is 10.6. The number of nitrogens with two attached hydrogens (primary N) is 1. The van der Waals surface area contributed by atoms with Crippen molar-refractivity contribution in [1.82, 2.24) is 15.5 Å². The molecule has 0 spiro atoms. The minimum atomic E-state index is -0.488. The number of guanidine groups is 1. The zero-order valence-electron chi connectivity index (χ0n) is 16.3. The average molecular weight is 374 g/mol. The molecule has 4 N–H and O–H groups in total. The second-order valence-electron chi connectivity index (χ2n) is 6.98. The molecule has 1 aromatic rings. The predicted octanol–water partition coefficient (Wildman–Crippen LogP) is 1.26. The largest absolute Gasteiger partial charge is 0.484 e. The first-order chi connectivity index (χ1) is 13.0. The summed E-state index contributed by atoms with van der Waals surface area (Å²) < 4.78 is 5.34. The lowest BCUT2D eigenvalue weighted by Crippen LogP contribution is -2.48. The fourth-order valence-electron chi connectivity index (χ4n) is 3.09. The Balaban J connectivity index is 1.78. The SMILES string of the molecule is C=C(C)CN1CCC(NC(=NC)NCc2cccc(OCC(N)=O)c2)CC1. The van der Waals surface area contributed by atoms with Crippen molar-refractivity contribution in [3.05, 3.63) is 42.0 Å². The number of nitrogens with zero attached hydrogens (tertiary/aromatic N) is 2. The number of nitrogens with one attached hydrogen (secondary N) is 2. The number of hydrogen-bond donors (Lipinski definition) is 3. The summed E-state index contributed by atoms with van der Waals surface area (Å²) >= 11 is 0. The average Bonchev–Trinajstić information content (AvgIpc) is 2.64. The summed E-state index contributed by atoms with van der Waals surface area (Å²) in [6.07, 6.45) is 2.18. The minimum Gasteiger partial charge on any atom is -0.484 e. The Morgan fingerprint density at radius 1 is 1.41 bits per heavy atom. The van der Waals surface area contributed by atoms with Crippen LogP contribution in [0.1, 0.15) is 25.3 Å². The maximum Gasteiger partial charge on any atom is 0.255 e. The van der Waals surface area contributed by atoms with Crippen molar-refractivity contribution in [2.45, 2.75) is 32.4 Å². The van der Waals surface area contributed by atoms with Gasteiger partial charge in [-0.15, -0.1) is 0 Å². The number of likely N-dealkylation sites (tertiary alicyclic amines) is 1. The predicted molar refractivity (Wildman–Crippen MR) is 109 cm³/mol. The topological polar surface area (TPSA) is 92.0 Å². The smallest absolute Gasteiger partial charge is 0.255 e. The van der Waals surface area contributed by atoms with Crippen LogP contribution in [0, 0.1) is 0 Å². The van der Waals surface area contributed by atoms with E-state index in [-0.39, 0.29) is 6.61 Å². The third kappa shape index (κ3) is 7.70. The molecule has 0 aliphatic carbocycles. The molecular formula is C20H31N5O2. The van der Waals surface area contributed by atoms with E-state index in [9.17, 15) is 4.79 Å². The molecule has 1 aliphatic rings.